The van der Waals surface area contributed by atoms with Gasteiger partial charge in [-0.1, -0.05) is 6.92 Å². The molecule has 0 bridgehead atoms. The monoisotopic (exact) mass is 397 g/mol. The first-order valence-corrected chi connectivity index (χ1v) is 9.91. The molecule has 3 aromatic rings. The van der Waals surface area contributed by atoms with Crippen LogP contribution in [0.1, 0.15) is 37.8 Å². The number of aromatic nitrogens is 4. The lowest BCUT2D eigenvalue weighted by atomic mass is 9.94. The van der Waals surface area contributed by atoms with Crippen LogP contribution in [0.4, 0.5) is 4.39 Å². The molecular weight excluding hydrogens is 373 g/mol. The summed E-state index contributed by atoms with van der Waals surface area (Å²) in [7, 11) is 1.86. The predicted octanol–water partition coefficient (Wildman–Crippen LogP) is 3.07. The molecule has 0 N–H and O–H groups in total. The molecule has 7 nitrogen and oxygen atoms in total. The zero-order valence-electron chi connectivity index (χ0n) is 16.6. The van der Waals surface area contributed by atoms with Crippen LogP contribution in [0.15, 0.2) is 36.7 Å². The quantitative estimate of drug-likeness (QED) is 0.662. The van der Waals surface area contributed by atoms with Crippen LogP contribution >= 0.6 is 0 Å². The number of nitrogens with zero attached hydrogens (tertiary/aromatic N) is 5. The van der Waals surface area contributed by atoms with E-state index in [1.54, 1.807) is 29.2 Å². The van der Waals surface area contributed by atoms with Crippen molar-refractivity contribution in [2.75, 3.05) is 13.1 Å². The van der Waals surface area contributed by atoms with Crippen LogP contribution in [0.3, 0.4) is 0 Å². The molecule has 1 aromatic carbocycles. The van der Waals surface area contributed by atoms with Crippen LogP contribution < -0.4 is 4.74 Å². The first-order valence-electron chi connectivity index (χ1n) is 9.91. The van der Waals surface area contributed by atoms with Gasteiger partial charge in [0.2, 0.25) is 0 Å². The minimum absolute atomic E-state index is 0.0483. The number of fused-ring (bicyclic) bond motifs is 1. The number of likely N-dealkylation sites (tertiary alicyclic amines) is 1. The number of carbonyl (C=O) groups is 1. The summed E-state index contributed by atoms with van der Waals surface area (Å²) < 4.78 is 20.7. The Morgan fingerprint density at radius 1 is 1.28 bits per heavy atom. The fourth-order valence-corrected chi connectivity index (χ4v) is 3.87. The number of carbonyl (C=O) groups excluding carboxylic acids is 1. The third-order valence-corrected chi connectivity index (χ3v) is 5.34. The third-order valence-electron chi connectivity index (χ3n) is 5.34. The Balaban J connectivity index is 1.50. The van der Waals surface area contributed by atoms with Crippen molar-refractivity contribution in [1.82, 2.24) is 24.6 Å². The van der Waals surface area contributed by atoms with Gasteiger partial charge in [-0.2, -0.15) is 5.10 Å². The normalized spacial score (nSPS) is 18.0. The Hall–Kier alpha value is -3.03. The smallest absolute Gasteiger partial charge is 0.263 e. The zero-order chi connectivity index (χ0) is 20.4. The molecule has 29 heavy (non-hydrogen) atoms. The summed E-state index contributed by atoms with van der Waals surface area (Å²) in [6.07, 6.45) is 5.10. The van der Waals surface area contributed by atoms with E-state index in [0.717, 1.165) is 29.7 Å². The molecule has 3 heterocycles. The predicted molar refractivity (Wildman–Crippen MR) is 106 cm³/mol. The first kappa shape index (κ1) is 19.3. The number of hydrogen-bond donors (Lipinski definition) is 0. The minimum Gasteiger partial charge on any atom is -0.481 e. The largest absolute Gasteiger partial charge is 0.481 e. The molecule has 2 atom stereocenters. The number of amides is 1. The summed E-state index contributed by atoms with van der Waals surface area (Å²) in [5.41, 5.74) is 2.43. The van der Waals surface area contributed by atoms with Crippen molar-refractivity contribution >= 4 is 17.1 Å². The molecule has 1 aliphatic heterocycles. The van der Waals surface area contributed by atoms with Crippen molar-refractivity contribution in [3.8, 4) is 5.75 Å². The highest BCUT2D eigenvalue weighted by molar-refractivity contribution is 5.81. The zero-order valence-corrected chi connectivity index (χ0v) is 16.6. The van der Waals surface area contributed by atoms with Crippen molar-refractivity contribution in [3.05, 3.63) is 48.2 Å². The maximum atomic E-state index is 13.1. The molecule has 2 aromatic heterocycles. The lowest BCUT2D eigenvalue weighted by molar-refractivity contribution is -0.140. The fraction of sp³-hybridized carbons (Fsp3) is 0.429. The number of piperidine rings is 1. The van der Waals surface area contributed by atoms with E-state index in [1.807, 2.05) is 18.9 Å². The molecule has 0 aliphatic carbocycles. The average Bonchev–Trinajstić information content (AvgIpc) is 3.10. The molecule has 8 heteroatoms. The second-order valence-corrected chi connectivity index (χ2v) is 7.33. The Kier molecular flexibility index (Phi) is 5.42. The summed E-state index contributed by atoms with van der Waals surface area (Å²) in [6, 6.07) is 5.75. The molecule has 4 rings (SSSR count). The average molecular weight is 397 g/mol. The van der Waals surface area contributed by atoms with Gasteiger partial charge in [-0.15, -0.1) is 0 Å². The van der Waals surface area contributed by atoms with Gasteiger partial charge in [-0.3, -0.25) is 4.79 Å². The maximum Gasteiger partial charge on any atom is 0.263 e. The molecule has 1 aliphatic rings. The number of aryl methyl sites for hydroxylation is 1. The summed E-state index contributed by atoms with van der Waals surface area (Å²) >= 11 is 0. The third kappa shape index (κ3) is 3.92. The Morgan fingerprint density at radius 3 is 2.79 bits per heavy atom. The molecular formula is C21H24FN5O2. The van der Waals surface area contributed by atoms with Crippen LogP contribution in [0, 0.1) is 5.82 Å². The molecule has 0 spiro atoms. The first-order chi connectivity index (χ1) is 14.1. The van der Waals surface area contributed by atoms with Crippen LogP contribution in [0.5, 0.6) is 5.75 Å². The van der Waals surface area contributed by atoms with Crippen LogP contribution in [-0.2, 0) is 11.8 Å². The number of rotatable bonds is 5. The highest BCUT2D eigenvalue weighted by Crippen LogP contribution is 2.30. The van der Waals surface area contributed by atoms with Gasteiger partial charge < -0.3 is 9.64 Å². The van der Waals surface area contributed by atoms with E-state index in [1.165, 1.54) is 12.1 Å². The van der Waals surface area contributed by atoms with Gasteiger partial charge in [0.05, 0.1) is 5.69 Å². The Bertz CT molecular complexity index is 1000. The van der Waals surface area contributed by atoms with E-state index in [0.29, 0.717) is 25.3 Å². The lowest BCUT2D eigenvalue weighted by Gasteiger charge is -2.34. The summed E-state index contributed by atoms with van der Waals surface area (Å²) in [6.45, 7) is 3.18. The van der Waals surface area contributed by atoms with E-state index in [-0.39, 0.29) is 17.6 Å². The van der Waals surface area contributed by atoms with Gasteiger partial charge in [0.15, 0.2) is 11.8 Å². The van der Waals surface area contributed by atoms with Gasteiger partial charge in [0.1, 0.15) is 17.1 Å². The van der Waals surface area contributed by atoms with Crippen molar-refractivity contribution in [3.63, 3.8) is 0 Å². The van der Waals surface area contributed by atoms with Crippen molar-refractivity contribution in [2.24, 2.45) is 7.05 Å². The number of benzene rings is 1. The maximum absolute atomic E-state index is 13.1. The Labute approximate surface area is 168 Å². The topological polar surface area (TPSA) is 73.1 Å². The van der Waals surface area contributed by atoms with Crippen molar-refractivity contribution < 1.29 is 13.9 Å². The summed E-state index contributed by atoms with van der Waals surface area (Å²) in [5, 5.41) is 4.64. The van der Waals surface area contributed by atoms with Gasteiger partial charge in [-0.05, 0) is 43.5 Å². The molecule has 152 valence electrons. The second-order valence-electron chi connectivity index (χ2n) is 7.33. The Morgan fingerprint density at radius 2 is 2.03 bits per heavy atom. The molecule has 2 unspecified atom stereocenters. The number of halogens is 1. The lowest BCUT2D eigenvalue weighted by Crippen LogP contribution is -2.46. The van der Waals surface area contributed by atoms with Crippen LogP contribution in [0.2, 0.25) is 0 Å². The summed E-state index contributed by atoms with van der Waals surface area (Å²) in [5.74, 6) is 0.219. The number of ether oxygens (including phenoxy) is 1. The van der Waals surface area contributed by atoms with Crippen LogP contribution in [0.25, 0.3) is 11.2 Å². The molecule has 0 radical (unpaired) electrons. The van der Waals surface area contributed by atoms with Gasteiger partial charge >= 0.3 is 0 Å². The van der Waals surface area contributed by atoms with Crippen LogP contribution in [-0.4, -0.2) is 49.7 Å². The van der Waals surface area contributed by atoms with E-state index < -0.39 is 6.10 Å². The second kappa shape index (κ2) is 8.14. The molecule has 1 saturated heterocycles. The standard InChI is InChI=1S/C21H24FN5O2/c1-3-17(29-16-8-6-15(22)7-9-16)21(28)27-12-4-5-14(13-27)18-19-20(26(2)25-18)24-11-10-23-19/h6-11,14,17H,3-5,12-13H2,1-2H3. The van der Waals surface area contributed by atoms with Gasteiger partial charge in [0, 0.05) is 38.4 Å². The molecule has 0 saturated carbocycles. The van der Waals surface area contributed by atoms with E-state index in [2.05, 4.69) is 15.1 Å². The summed E-state index contributed by atoms with van der Waals surface area (Å²) in [4.78, 5) is 23.8. The molecule has 1 fully saturated rings. The van der Waals surface area contributed by atoms with E-state index in [4.69, 9.17) is 4.74 Å². The highest BCUT2D eigenvalue weighted by atomic mass is 19.1. The minimum atomic E-state index is -0.598. The highest BCUT2D eigenvalue weighted by Gasteiger charge is 2.32. The SMILES string of the molecule is CCC(Oc1ccc(F)cc1)C(=O)N1CCCC(c2nn(C)c3nccnc23)C1. The van der Waals surface area contributed by atoms with Crippen molar-refractivity contribution in [1.29, 1.82) is 0 Å². The fourth-order valence-electron chi connectivity index (χ4n) is 3.87. The van der Waals surface area contributed by atoms with Gasteiger partial charge in [-0.25, -0.2) is 19.0 Å². The van der Waals surface area contributed by atoms with E-state index in [9.17, 15) is 9.18 Å². The number of hydrogen-bond acceptors (Lipinski definition) is 5. The van der Waals surface area contributed by atoms with E-state index >= 15 is 0 Å². The van der Waals surface area contributed by atoms with Gasteiger partial charge in [0.25, 0.3) is 5.91 Å². The molecule has 1 amide bonds. The van der Waals surface area contributed by atoms with Crippen molar-refractivity contribution in [2.45, 2.75) is 38.2 Å².